The fourth-order valence-electron chi connectivity index (χ4n) is 16.0. The van der Waals surface area contributed by atoms with E-state index in [1.165, 1.54) is 0 Å². The van der Waals surface area contributed by atoms with Gasteiger partial charge in [0.2, 0.25) is 0 Å². The molecule has 5 aromatic carbocycles. The van der Waals surface area contributed by atoms with Crippen molar-refractivity contribution < 1.29 is 81.7 Å². The Morgan fingerprint density at radius 3 is 1.67 bits per heavy atom. The van der Waals surface area contributed by atoms with Gasteiger partial charge in [-0.3, -0.25) is 9.59 Å². The highest BCUT2D eigenvalue weighted by Crippen LogP contribution is 2.68. The van der Waals surface area contributed by atoms with E-state index in [1.807, 2.05) is 13.8 Å². The average Bonchev–Trinajstić information content (AvgIpc) is 1.64. The predicted octanol–water partition coefficient (Wildman–Crippen LogP) is 12.1. The van der Waals surface area contributed by atoms with Gasteiger partial charge in [0.15, 0.2) is 24.6 Å². The van der Waals surface area contributed by atoms with Crippen LogP contribution < -0.4 is 0 Å². The van der Waals surface area contributed by atoms with Crippen LogP contribution in [0.15, 0.2) is 152 Å². The van der Waals surface area contributed by atoms with Crippen molar-refractivity contribution in [3.63, 3.8) is 0 Å². The number of ether oxygens (including phenoxy) is 8. The van der Waals surface area contributed by atoms with E-state index in [0.29, 0.717) is 47.3 Å². The number of carbonyl (C=O) groups is 7. The van der Waals surface area contributed by atoms with Crippen LogP contribution in [-0.2, 0) is 47.5 Å². The number of ketones is 2. The quantitative estimate of drug-likeness (QED) is 0.0297. The molecule has 0 amide bonds. The van der Waals surface area contributed by atoms with Gasteiger partial charge in [-0.1, -0.05) is 119 Å². The van der Waals surface area contributed by atoms with Gasteiger partial charge in [-0.25, -0.2) is 24.0 Å². The number of carbonyl (C=O) groups excluding carboxylic acids is 7. The Kier molecular flexibility index (Phi) is 22.6. The molecule has 10 rings (SSSR count). The normalized spacial score (nSPS) is 29.2. The first-order valence-corrected chi connectivity index (χ1v) is 33.3. The molecule has 17 heteroatoms. The molecule has 0 saturated heterocycles. The van der Waals surface area contributed by atoms with Crippen molar-refractivity contribution in [3.05, 3.63) is 179 Å². The lowest BCUT2D eigenvalue weighted by molar-refractivity contribution is -0.229. The monoisotopic (exact) mass is 1270 g/mol. The van der Waals surface area contributed by atoms with E-state index in [0.717, 1.165) is 44.9 Å². The summed E-state index contributed by atoms with van der Waals surface area (Å²) in [5.74, 6) is -3.58. The highest BCUT2D eigenvalue weighted by atomic mass is 16.7. The number of Topliss-reactive ketones (excluding diaryl/α,β-unsaturated/α-hetero) is 2. The standard InChI is InChI=1S/C76H90O17/c1-46(43-88-74(49(4)89-71(83)52-26-16-9-17-27-52)90-48(3)64(92-72(84)53-28-18-10-19-29-53)45-87-70(82)51-24-14-8-15-25-51)32-35-61(77)47(2)65-62(78)42-60-58-34-33-56-41-57(36-38-75(56,5)59(58)37-39-76(60,65)6)91-63-40-55(44-86-69(81)50-22-12-7-13-23-50)66(79)68(67(63)80)93-73(85)54-30-20-11-21-31-54/h7-31,46-49,55-60,63-68,74,79-80H,32-45H2,1-6H3/t46-,47+,48?,49?,55?,56?,57?,58?,59?,60?,63+,64-,65?,66+,67?,68?,74+,75?,76?/m0/s1. The molecule has 13 unspecified atom stereocenters. The van der Waals surface area contributed by atoms with E-state index in [2.05, 4.69) is 13.8 Å². The van der Waals surface area contributed by atoms with Crippen molar-refractivity contribution in [3.8, 4) is 0 Å². The van der Waals surface area contributed by atoms with Crippen LogP contribution in [0.2, 0.25) is 0 Å². The van der Waals surface area contributed by atoms with Crippen LogP contribution in [0.3, 0.4) is 0 Å². The summed E-state index contributed by atoms with van der Waals surface area (Å²) in [4.78, 5) is 95.4. The van der Waals surface area contributed by atoms with Crippen molar-refractivity contribution in [2.24, 2.45) is 58.2 Å². The van der Waals surface area contributed by atoms with Crippen LogP contribution in [0.4, 0.5) is 0 Å². The van der Waals surface area contributed by atoms with E-state index in [9.17, 15) is 43.8 Å². The Bertz CT molecular complexity index is 3330. The number of rotatable bonds is 26. The van der Waals surface area contributed by atoms with Gasteiger partial charge in [-0.2, -0.15) is 0 Å². The molecule has 0 spiro atoms. The Morgan fingerprint density at radius 2 is 1.09 bits per heavy atom. The third kappa shape index (κ3) is 16.1. The maximum Gasteiger partial charge on any atom is 0.338 e. The third-order valence-electron chi connectivity index (χ3n) is 21.3. The zero-order valence-electron chi connectivity index (χ0n) is 54.2. The number of hydrogen-bond acceptors (Lipinski definition) is 17. The summed E-state index contributed by atoms with van der Waals surface area (Å²) >= 11 is 0. The van der Waals surface area contributed by atoms with E-state index in [1.54, 1.807) is 166 Å². The van der Waals surface area contributed by atoms with Gasteiger partial charge in [0, 0.05) is 30.6 Å². The van der Waals surface area contributed by atoms with Gasteiger partial charge in [0.05, 0.1) is 65.4 Å². The zero-order valence-corrected chi connectivity index (χ0v) is 54.2. The number of fused-ring (bicyclic) bond motifs is 5. The van der Waals surface area contributed by atoms with Gasteiger partial charge < -0.3 is 48.1 Å². The van der Waals surface area contributed by atoms with Gasteiger partial charge >= 0.3 is 29.8 Å². The average molecular weight is 1280 g/mol. The fourth-order valence-corrected chi connectivity index (χ4v) is 16.0. The van der Waals surface area contributed by atoms with Crippen molar-refractivity contribution in [1.29, 1.82) is 0 Å². The molecule has 496 valence electrons. The smallest absolute Gasteiger partial charge is 0.338 e. The molecule has 5 aromatic rings. The van der Waals surface area contributed by atoms with Crippen LogP contribution in [0.1, 0.15) is 164 Å². The molecule has 5 aliphatic rings. The molecule has 0 heterocycles. The molecule has 2 N–H and O–H groups in total. The van der Waals surface area contributed by atoms with Crippen molar-refractivity contribution in [2.75, 3.05) is 19.8 Å². The molecule has 93 heavy (non-hydrogen) atoms. The summed E-state index contributed by atoms with van der Waals surface area (Å²) in [6.07, 6.45) is -1.94. The summed E-state index contributed by atoms with van der Waals surface area (Å²) in [5.41, 5.74) is 1.18. The van der Waals surface area contributed by atoms with Crippen LogP contribution in [-0.4, -0.2) is 127 Å². The van der Waals surface area contributed by atoms with Crippen LogP contribution in [0.25, 0.3) is 0 Å². The first-order valence-electron chi connectivity index (χ1n) is 33.3. The van der Waals surface area contributed by atoms with Crippen LogP contribution >= 0.6 is 0 Å². The highest BCUT2D eigenvalue weighted by molar-refractivity contribution is 5.93. The van der Waals surface area contributed by atoms with E-state index < -0.39 is 96.6 Å². The molecule has 0 aliphatic heterocycles. The molecular weight excluding hydrogens is 1180 g/mol. The Hall–Kier alpha value is -7.41. The zero-order chi connectivity index (χ0) is 66.0. The van der Waals surface area contributed by atoms with Gasteiger partial charge in [-0.15, -0.1) is 0 Å². The fraction of sp³-hybridized carbons (Fsp3) is 0.513. The maximum absolute atomic E-state index is 14.5. The Labute approximate surface area is 545 Å². The summed E-state index contributed by atoms with van der Waals surface area (Å²) in [6.45, 7) is 11.4. The first kappa shape index (κ1) is 68.4. The maximum atomic E-state index is 14.5. The molecule has 19 atom stereocenters. The van der Waals surface area contributed by atoms with Crippen molar-refractivity contribution in [1.82, 2.24) is 0 Å². The lowest BCUT2D eigenvalue weighted by Gasteiger charge is -2.61. The Balaban J connectivity index is 0.749. The molecule has 0 radical (unpaired) electrons. The first-order chi connectivity index (χ1) is 44.7. The minimum absolute atomic E-state index is 0.0219. The SMILES string of the molecule is CC(OC(=O)c1ccccc1)[C@H](OC[C@@H](C)CCC(=O)[C@@H](C)C1C(=O)CC2C3CCC4CC(O[C@@H]5CC(COC(=O)c6ccccc6)[C@@H](O)C(OC(=O)c6ccccc6)C5O)CCC4(C)C3CCC21C)OC(C)[C@H](COC(=O)c1ccccc1)OC(=O)c1ccccc1. The van der Waals surface area contributed by atoms with Gasteiger partial charge in [0.25, 0.3) is 0 Å². The molecule has 5 fully saturated rings. The third-order valence-corrected chi connectivity index (χ3v) is 21.3. The molecule has 17 nitrogen and oxygen atoms in total. The van der Waals surface area contributed by atoms with Gasteiger partial charge in [-0.05, 0) is 173 Å². The van der Waals surface area contributed by atoms with Crippen molar-refractivity contribution >= 4 is 41.4 Å². The second-order valence-electron chi connectivity index (χ2n) is 27.3. The largest absolute Gasteiger partial charge is 0.462 e. The number of benzene rings is 5. The molecule has 5 saturated carbocycles. The molecule has 5 aliphatic carbocycles. The minimum Gasteiger partial charge on any atom is -0.462 e. The lowest BCUT2D eigenvalue weighted by atomic mass is 9.44. The highest BCUT2D eigenvalue weighted by Gasteiger charge is 2.64. The second-order valence-corrected chi connectivity index (χ2v) is 27.3. The van der Waals surface area contributed by atoms with E-state index in [4.69, 9.17) is 37.9 Å². The molecule has 0 aromatic heterocycles. The van der Waals surface area contributed by atoms with Crippen LogP contribution in [0.5, 0.6) is 0 Å². The van der Waals surface area contributed by atoms with E-state index >= 15 is 0 Å². The summed E-state index contributed by atoms with van der Waals surface area (Å²) < 4.78 is 48.9. The number of aliphatic hydroxyl groups is 2. The predicted molar refractivity (Wildman–Crippen MR) is 343 cm³/mol. The topological polar surface area (TPSA) is 234 Å². The second kappa shape index (κ2) is 30.8. The van der Waals surface area contributed by atoms with Crippen LogP contribution in [0, 0.1) is 58.2 Å². The van der Waals surface area contributed by atoms with Crippen molar-refractivity contribution in [2.45, 2.75) is 167 Å². The minimum atomic E-state index is -1.34. The Morgan fingerprint density at radius 1 is 0.559 bits per heavy atom. The number of aliphatic hydroxyl groups excluding tert-OH is 2. The number of hydrogen-bond donors (Lipinski definition) is 2. The summed E-state index contributed by atoms with van der Waals surface area (Å²) in [5, 5.41) is 23.6. The van der Waals surface area contributed by atoms with E-state index in [-0.39, 0.29) is 84.1 Å². The molecule has 0 bridgehead atoms. The number of esters is 5. The van der Waals surface area contributed by atoms with Gasteiger partial charge in [0.1, 0.15) is 24.3 Å². The lowest BCUT2D eigenvalue weighted by Crippen LogP contribution is -2.58. The summed E-state index contributed by atoms with van der Waals surface area (Å²) in [7, 11) is 0. The molecular formula is C76H90O17. The summed E-state index contributed by atoms with van der Waals surface area (Å²) in [6, 6.07) is 42.3.